The van der Waals surface area contributed by atoms with Crippen LogP contribution in [0.5, 0.6) is 0 Å². The highest BCUT2D eigenvalue weighted by Crippen LogP contribution is 2.13. The quantitative estimate of drug-likeness (QED) is 0.646. The number of nitrogens with one attached hydrogen (secondary N) is 2. The lowest BCUT2D eigenvalue weighted by Gasteiger charge is -2.03. The third-order valence-electron chi connectivity index (χ3n) is 1.78. The number of hydrogen-bond acceptors (Lipinski definition) is 2. The third-order valence-corrected chi connectivity index (χ3v) is 2.31. The SMILES string of the molecule is CCC/C=N\NC(=O)Nc1ccc(Br)cc1. The van der Waals surface area contributed by atoms with Crippen molar-refractivity contribution in [3.8, 4) is 0 Å². The van der Waals surface area contributed by atoms with Crippen molar-refractivity contribution in [2.24, 2.45) is 5.10 Å². The molecule has 0 fully saturated rings. The summed E-state index contributed by atoms with van der Waals surface area (Å²) >= 11 is 3.32. The largest absolute Gasteiger partial charge is 0.339 e. The zero-order chi connectivity index (χ0) is 11.8. The molecule has 0 unspecified atom stereocenters. The number of halogens is 1. The lowest BCUT2D eigenvalue weighted by molar-refractivity contribution is 0.252. The van der Waals surface area contributed by atoms with Crippen molar-refractivity contribution in [2.45, 2.75) is 19.8 Å². The summed E-state index contributed by atoms with van der Waals surface area (Å²) in [5.74, 6) is 0. The van der Waals surface area contributed by atoms with Crippen LogP contribution in [0.3, 0.4) is 0 Å². The van der Waals surface area contributed by atoms with E-state index in [1.54, 1.807) is 18.3 Å². The first-order valence-electron chi connectivity index (χ1n) is 5.06. The molecule has 86 valence electrons. The van der Waals surface area contributed by atoms with Gasteiger partial charge in [0.2, 0.25) is 0 Å². The van der Waals surface area contributed by atoms with Crippen LogP contribution in [0.4, 0.5) is 10.5 Å². The zero-order valence-corrected chi connectivity index (χ0v) is 10.6. The van der Waals surface area contributed by atoms with Crippen molar-refractivity contribution in [3.05, 3.63) is 28.7 Å². The fourth-order valence-electron chi connectivity index (χ4n) is 0.990. The van der Waals surface area contributed by atoms with Crippen LogP contribution in [-0.2, 0) is 0 Å². The van der Waals surface area contributed by atoms with Crippen LogP contribution in [0.1, 0.15) is 19.8 Å². The summed E-state index contributed by atoms with van der Waals surface area (Å²) in [6, 6.07) is 6.99. The Hall–Kier alpha value is -1.36. The minimum atomic E-state index is -0.338. The van der Waals surface area contributed by atoms with E-state index in [9.17, 15) is 4.79 Å². The molecule has 2 amide bonds. The van der Waals surface area contributed by atoms with Gasteiger partial charge in [0, 0.05) is 16.4 Å². The Morgan fingerprint density at radius 2 is 2.12 bits per heavy atom. The van der Waals surface area contributed by atoms with Crippen LogP contribution >= 0.6 is 15.9 Å². The lowest BCUT2D eigenvalue weighted by Crippen LogP contribution is -2.24. The summed E-state index contributed by atoms with van der Waals surface area (Å²) in [5, 5.41) is 6.44. The molecule has 0 spiro atoms. The summed E-state index contributed by atoms with van der Waals surface area (Å²) in [6.45, 7) is 2.05. The van der Waals surface area contributed by atoms with Gasteiger partial charge in [0.15, 0.2) is 0 Å². The molecular weight excluding hydrogens is 270 g/mol. The van der Waals surface area contributed by atoms with E-state index in [0.717, 1.165) is 23.0 Å². The topological polar surface area (TPSA) is 53.5 Å². The van der Waals surface area contributed by atoms with Gasteiger partial charge in [-0.3, -0.25) is 0 Å². The molecule has 0 saturated heterocycles. The number of carbonyl (C=O) groups is 1. The molecule has 1 rings (SSSR count). The number of benzene rings is 1. The number of carbonyl (C=O) groups excluding carboxylic acids is 1. The van der Waals surface area contributed by atoms with Crippen LogP contribution in [0.2, 0.25) is 0 Å². The van der Waals surface area contributed by atoms with Crippen LogP contribution in [0, 0.1) is 0 Å². The van der Waals surface area contributed by atoms with Gasteiger partial charge in [-0.15, -0.1) is 0 Å². The number of hydrazone groups is 1. The molecular formula is C11H14BrN3O. The molecule has 2 N–H and O–H groups in total. The Bertz CT molecular complexity index is 362. The normalized spacial score (nSPS) is 10.4. The number of anilines is 1. The molecule has 0 aliphatic carbocycles. The number of urea groups is 1. The molecule has 16 heavy (non-hydrogen) atoms. The summed E-state index contributed by atoms with van der Waals surface area (Å²) in [5.41, 5.74) is 3.12. The number of nitrogens with zero attached hydrogens (tertiary/aromatic N) is 1. The highest BCUT2D eigenvalue weighted by Gasteiger charge is 1.98. The summed E-state index contributed by atoms with van der Waals surface area (Å²) in [7, 11) is 0. The second kappa shape index (κ2) is 7.00. The van der Waals surface area contributed by atoms with Crippen molar-refractivity contribution >= 4 is 33.9 Å². The van der Waals surface area contributed by atoms with Gasteiger partial charge < -0.3 is 5.32 Å². The molecule has 0 heterocycles. The molecule has 1 aromatic rings. The van der Waals surface area contributed by atoms with Crippen molar-refractivity contribution in [2.75, 3.05) is 5.32 Å². The smallest absolute Gasteiger partial charge is 0.307 e. The maximum Gasteiger partial charge on any atom is 0.339 e. The second-order valence-electron chi connectivity index (χ2n) is 3.17. The molecule has 5 heteroatoms. The Balaban J connectivity index is 2.37. The highest BCUT2D eigenvalue weighted by molar-refractivity contribution is 9.10. The van der Waals surface area contributed by atoms with Crippen molar-refractivity contribution in [3.63, 3.8) is 0 Å². The van der Waals surface area contributed by atoms with E-state index in [2.05, 4.69) is 31.8 Å². The molecule has 0 aromatic heterocycles. The highest BCUT2D eigenvalue weighted by atomic mass is 79.9. The lowest BCUT2D eigenvalue weighted by atomic mass is 10.3. The fraction of sp³-hybridized carbons (Fsp3) is 0.273. The third kappa shape index (κ3) is 4.93. The zero-order valence-electron chi connectivity index (χ0n) is 9.03. The predicted molar refractivity (Wildman–Crippen MR) is 69.7 cm³/mol. The van der Waals surface area contributed by atoms with Crippen LogP contribution in [-0.4, -0.2) is 12.2 Å². The molecule has 0 atom stereocenters. The van der Waals surface area contributed by atoms with E-state index in [0.29, 0.717) is 0 Å². The number of unbranched alkanes of at least 4 members (excludes halogenated alkanes) is 1. The van der Waals surface area contributed by atoms with Crippen molar-refractivity contribution in [1.82, 2.24) is 5.43 Å². The second-order valence-corrected chi connectivity index (χ2v) is 4.09. The fourth-order valence-corrected chi connectivity index (χ4v) is 1.25. The Labute approximate surface area is 103 Å². The van der Waals surface area contributed by atoms with E-state index in [4.69, 9.17) is 0 Å². The molecule has 1 aromatic carbocycles. The standard InChI is InChI=1S/C11H14BrN3O/c1-2-3-8-13-15-11(16)14-10-6-4-9(12)5-7-10/h4-8H,2-3H2,1H3,(H2,14,15,16)/b13-8-. The summed E-state index contributed by atoms with van der Waals surface area (Å²) < 4.78 is 0.972. The Morgan fingerprint density at radius 1 is 1.44 bits per heavy atom. The maximum absolute atomic E-state index is 11.3. The van der Waals surface area contributed by atoms with E-state index >= 15 is 0 Å². The molecule has 4 nitrogen and oxygen atoms in total. The molecule has 0 radical (unpaired) electrons. The number of hydrogen-bond donors (Lipinski definition) is 2. The molecule has 0 aliphatic rings. The maximum atomic E-state index is 11.3. The number of amides is 2. The summed E-state index contributed by atoms with van der Waals surface area (Å²) in [6.07, 6.45) is 3.55. The Kier molecular flexibility index (Phi) is 5.56. The van der Waals surface area contributed by atoms with Gasteiger partial charge in [0.1, 0.15) is 0 Å². The monoisotopic (exact) mass is 283 g/mol. The van der Waals surface area contributed by atoms with Crippen LogP contribution in [0.15, 0.2) is 33.8 Å². The van der Waals surface area contributed by atoms with Crippen LogP contribution < -0.4 is 10.7 Å². The molecule has 0 aliphatic heterocycles. The van der Waals surface area contributed by atoms with E-state index in [-0.39, 0.29) is 6.03 Å². The van der Waals surface area contributed by atoms with Gasteiger partial charge >= 0.3 is 6.03 Å². The minimum Gasteiger partial charge on any atom is -0.307 e. The van der Waals surface area contributed by atoms with E-state index in [1.165, 1.54) is 0 Å². The minimum absolute atomic E-state index is 0.338. The van der Waals surface area contributed by atoms with Crippen molar-refractivity contribution in [1.29, 1.82) is 0 Å². The molecule has 0 bridgehead atoms. The van der Waals surface area contributed by atoms with Gasteiger partial charge in [-0.1, -0.05) is 29.3 Å². The first-order chi connectivity index (χ1) is 7.72. The van der Waals surface area contributed by atoms with Gasteiger partial charge in [0.05, 0.1) is 0 Å². The predicted octanol–water partition coefficient (Wildman–Crippen LogP) is 3.36. The molecule has 0 saturated carbocycles. The summed E-state index contributed by atoms with van der Waals surface area (Å²) in [4.78, 5) is 11.3. The van der Waals surface area contributed by atoms with Gasteiger partial charge in [-0.05, 0) is 30.7 Å². The first kappa shape index (κ1) is 12.7. The van der Waals surface area contributed by atoms with Gasteiger partial charge in [-0.2, -0.15) is 5.10 Å². The van der Waals surface area contributed by atoms with Gasteiger partial charge in [0.25, 0.3) is 0 Å². The first-order valence-corrected chi connectivity index (χ1v) is 5.85. The average molecular weight is 284 g/mol. The van der Waals surface area contributed by atoms with Crippen molar-refractivity contribution < 1.29 is 4.79 Å². The number of rotatable bonds is 4. The van der Waals surface area contributed by atoms with E-state index < -0.39 is 0 Å². The van der Waals surface area contributed by atoms with Crippen LogP contribution in [0.25, 0.3) is 0 Å². The Morgan fingerprint density at radius 3 is 2.75 bits per heavy atom. The average Bonchev–Trinajstić information content (AvgIpc) is 2.28. The van der Waals surface area contributed by atoms with Gasteiger partial charge in [-0.25, -0.2) is 10.2 Å². The van der Waals surface area contributed by atoms with E-state index in [1.807, 2.05) is 19.1 Å².